The van der Waals surface area contributed by atoms with Gasteiger partial charge in [0.15, 0.2) is 0 Å². The standard InChI is InChI=1S/C34H36N2O5S3/c37-27-10-15-30-31(23-25-6-11-28(12-7-25)41-21-19-36-17-2-1-3-18-36)34(43-32(30)24-27)26-8-13-29(14-9-26)40-20-16-35-44(38,39)33-5-4-22-42-33/h4-15,22,24,35,37H,1-3,16-21,23H2. The number of likely N-dealkylation sites (tertiary alicyclic amines) is 1. The Morgan fingerprint density at radius 2 is 1.59 bits per heavy atom. The summed E-state index contributed by atoms with van der Waals surface area (Å²) < 4.78 is 40.4. The summed E-state index contributed by atoms with van der Waals surface area (Å²) in [5, 5.41) is 13.0. The molecule has 44 heavy (non-hydrogen) atoms. The maximum absolute atomic E-state index is 12.3. The first kappa shape index (κ1) is 30.6. The number of fused-ring (bicyclic) bond motifs is 1. The molecule has 2 N–H and O–H groups in total. The summed E-state index contributed by atoms with van der Waals surface area (Å²) in [7, 11) is -3.51. The van der Waals surface area contributed by atoms with Crippen molar-refractivity contribution < 1.29 is 23.0 Å². The first-order valence-electron chi connectivity index (χ1n) is 14.9. The van der Waals surface area contributed by atoms with Crippen molar-refractivity contribution in [3.05, 3.63) is 95.4 Å². The number of thiophene rings is 2. The average molecular weight is 649 g/mol. The monoisotopic (exact) mass is 648 g/mol. The molecule has 3 aromatic carbocycles. The Hall–Kier alpha value is -3.41. The van der Waals surface area contributed by atoms with E-state index in [1.165, 1.54) is 54.8 Å². The van der Waals surface area contributed by atoms with Crippen LogP contribution in [0.4, 0.5) is 0 Å². The topological polar surface area (TPSA) is 88.1 Å². The highest BCUT2D eigenvalue weighted by molar-refractivity contribution is 7.91. The molecule has 3 heterocycles. The Morgan fingerprint density at radius 1 is 0.864 bits per heavy atom. The van der Waals surface area contributed by atoms with E-state index in [2.05, 4.69) is 33.9 Å². The molecule has 0 spiro atoms. The van der Waals surface area contributed by atoms with Crippen LogP contribution in [0.15, 0.2) is 88.5 Å². The summed E-state index contributed by atoms with van der Waals surface area (Å²) in [6.45, 7) is 4.41. The SMILES string of the molecule is O=S(=O)(NCCOc1ccc(-c2sc3cc(O)ccc3c2Cc2ccc(OCCN3CCCCC3)cc2)cc1)c1cccs1. The summed E-state index contributed by atoms with van der Waals surface area (Å²) in [6, 6.07) is 25.1. The van der Waals surface area contributed by atoms with Crippen LogP contribution in [0.2, 0.25) is 0 Å². The molecule has 230 valence electrons. The van der Waals surface area contributed by atoms with Crippen LogP contribution in [-0.2, 0) is 16.4 Å². The van der Waals surface area contributed by atoms with Crippen molar-refractivity contribution in [3.63, 3.8) is 0 Å². The van der Waals surface area contributed by atoms with E-state index in [9.17, 15) is 13.5 Å². The van der Waals surface area contributed by atoms with Crippen molar-refractivity contribution in [1.29, 1.82) is 0 Å². The number of nitrogens with zero attached hydrogens (tertiary/aromatic N) is 1. The minimum absolute atomic E-state index is 0.175. The maximum Gasteiger partial charge on any atom is 0.250 e. The number of phenols is 1. The Balaban J connectivity index is 1.11. The summed E-state index contributed by atoms with van der Waals surface area (Å²) >= 11 is 2.84. The molecule has 0 radical (unpaired) electrons. The number of phenolic OH excluding ortho intramolecular Hbond substituents is 1. The van der Waals surface area contributed by atoms with Gasteiger partial charge in [0.1, 0.15) is 34.7 Å². The van der Waals surface area contributed by atoms with Crippen LogP contribution < -0.4 is 14.2 Å². The molecule has 0 aliphatic carbocycles. The van der Waals surface area contributed by atoms with Crippen LogP contribution in [0.1, 0.15) is 30.4 Å². The number of nitrogens with one attached hydrogen (secondary N) is 1. The summed E-state index contributed by atoms with van der Waals surface area (Å²) in [4.78, 5) is 3.62. The molecule has 0 bridgehead atoms. The third-order valence-electron chi connectivity index (χ3n) is 7.74. The molecule has 10 heteroatoms. The molecule has 1 fully saturated rings. The Bertz CT molecular complexity index is 1760. The number of ether oxygens (including phenoxy) is 2. The summed E-state index contributed by atoms with van der Waals surface area (Å²) in [5.74, 6) is 1.81. The minimum atomic E-state index is -3.51. The van der Waals surface area contributed by atoms with Gasteiger partial charge in [0, 0.05) is 22.7 Å². The van der Waals surface area contributed by atoms with Crippen LogP contribution in [0.25, 0.3) is 20.5 Å². The van der Waals surface area contributed by atoms with Gasteiger partial charge in [-0.25, -0.2) is 13.1 Å². The molecular formula is C34H36N2O5S3. The number of hydrogen-bond donors (Lipinski definition) is 2. The highest BCUT2D eigenvalue weighted by atomic mass is 32.2. The van der Waals surface area contributed by atoms with E-state index in [-0.39, 0.29) is 18.9 Å². The molecule has 5 aromatic rings. The second-order valence-electron chi connectivity index (χ2n) is 10.9. The van der Waals surface area contributed by atoms with E-state index < -0.39 is 10.0 Å². The quantitative estimate of drug-likeness (QED) is 0.132. The molecule has 1 aliphatic heterocycles. The van der Waals surface area contributed by atoms with Crippen LogP contribution in [0, 0.1) is 0 Å². The van der Waals surface area contributed by atoms with Gasteiger partial charge < -0.3 is 14.6 Å². The molecule has 6 rings (SSSR count). The van der Waals surface area contributed by atoms with Gasteiger partial charge in [0.25, 0.3) is 0 Å². The zero-order chi connectivity index (χ0) is 30.4. The van der Waals surface area contributed by atoms with Gasteiger partial charge in [-0.2, -0.15) is 0 Å². The molecule has 1 aliphatic rings. The molecular weight excluding hydrogens is 613 g/mol. The van der Waals surface area contributed by atoms with Gasteiger partial charge in [0.05, 0.1) is 0 Å². The molecule has 0 atom stereocenters. The van der Waals surface area contributed by atoms with Crippen LogP contribution in [0.5, 0.6) is 17.2 Å². The second-order valence-corrected chi connectivity index (χ2v) is 14.9. The largest absolute Gasteiger partial charge is 0.508 e. The predicted molar refractivity (Wildman–Crippen MR) is 179 cm³/mol. The predicted octanol–water partition coefficient (Wildman–Crippen LogP) is 7.15. The molecule has 0 amide bonds. The normalized spacial score (nSPS) is 14.2. The lowest BCUT2D eigenvalue weighted by atomic mass is 9.99. The number of rotatable bonds is 13. The van der Waals surface area contributed by atoms with E-state index >= 15 is 0 Å². The smallest absolute Gasteiger partial charge is 0.250 e. The highest BCUT2D eigenvalue weighted by Gasteiger charge is 2.17. The van der Waals surface area contributed by atoms with E-state index in [1.807, 2.05) is 36.4 Å². The zero-order valence-corrected chi connectivity index (χ0v) is 26.9. The Kier molecular flexibility index (Phi) is 9.83. The summed E-state index contributed by atoms with van der Waals surface area (Å²) in [6.07, 6.45) is 4.66. The van der Waals surface area contributed by atoms with E-state index in [0.29, 0.717) is 16.6 Å². The molecule has 0 unspecified atom stereocenters. The van der Waals surface area contributed by atoms with Crippen LogP contribution in [0.3, 0.4) is 0 Å². The van der Waals surface area contributed by atoms with E-state index in [1.54, 1.807) is 34.9 Å². The van der Waals surface area contributed by atoms with Crippen LogP contribution in [-0.4, -0.2) is 57.8 Å². The average Bonchev–Trinajstić information content (AvgIpc) is 3.71. The van der Waals surface area contributed by atoms with E-state index in [0.717, 1.165) is 39.2 Å². The van der Waals surface area contributed by atoms with Crippen LogP contribution >= 0.6 is 22.7 Å². The lowest BCUT2D eigenvalue weighted by Crippen LogP contribution is -2.33. The Labute approximate surface area is 266 Å². The minimum Gasteiger partial charge on any atom is -0.508 e. The molecule has 2 aromatic heterocycles. The first-order valence-corrected chi connectivity index (χ1v) is 18.1. The van der Waals surface area contributed by atoms with Crippen molar-refractivity contribution >= 4 is 42.8 Å². The van der Waals surface area contributed by atoms with Gasteiger partial charge in [-0.15, -0.1) is 22.7 Å². The van der Waals surface area contributed by atoms with Gasteiger partial charge in [-0.05, 0) is 120 Å². The fraction of sp³-hybridized carbons (Fsp3) is 0.294. The molecule has 7 nitrogen and oxygen atoms in total. The second kappa shape index (κ2) is 14.1. The van der Waals surface area contributed by atoms with Crippen molar-refractivity contribution in [2.45, 2.75) is 29.9 Å². The van der Waals surface area contributed by atoms with Crippen molar-refractivity contribution in [1.82, 2.24) is 9.62 Å². The van der Waals surface area contributed by atoms with Gasteiger partial charge >= 0.3 is 0 Å². The number of piperidine rings is 1. The lowest BCUT2D eigenvalue weighted by Gasteiger charge is -2.26. The molecule has 1 saturated heterocycles. The molecule has 0 saturated carbocycles. The number of aromatic hydroxyl groups is 1. The maximum atomic E-state index is 12.3. The van der Waals surface area contributed by atoms with Gasteiger partial charge in [-0.1, -0.05) is 24.6 Å². The van der Waals surface area contributed by atoms with E-state index in [4.69, 9.17) is 9.47 Å². The summed E-state index contributed by atoms with van der Waals surface area (Å²) in [5.41, 5.74) is 3.46. The Morgan fingerprint density at radius 3 is 2.32 bits per heavy atom. The first-order chi connectivity index (χ1) is 21.4. The zero-order valence-electron chi connectivity index (χ0n) is 24.4. The van der Waals surface area contributed by atoms with Gasteiger partial charge in [-0.3, -0.25) is 4.90 Å². The third-order valence-corrected chi connectivity index (χ3v) is 11.8. The fourth-order valence-electron chi connectivity index (χ4n) is 5.47. The number of benzene rings is 3. The van der Waals surface area contributed by atoms with Crippen molar-refractivity contribution in [2.75, 3.05) is 39.4 Å². The lowest BCUT2D eigenvalue weighted by molar-refractivity contribution is 0.183. The highest BCUT2D eigenvalue weighted by Crippen LogP contribution is 2.41. The number of hydrogen-bond acceptors (Lipinski definition) is 8. The van der Waals surface area contributed by atoms with Crippen molar-refractivity contribution in [3.8, 4) is 27.7 Å². The fourth-order valence-corrected chi connectivity index (χ4v) is 8.78. The number of sulfonamides is 1. The van der Waals surface area contributed by atoms with Crippen molar-refractivity contribution in [2.24, 2.45) is 0 Å². The van der Waals surface area contributed by atoms with Gasteiger partial charge in [0.2, 0.25) is 10.0 Å². The third kappa shape index (κ3) is 7.62.